The molecule has 0 radical (unpaired) electrons. The lowest BCUT2D eigenvalue weighted by atomic mass is 9.99. The van der Waals surface area contributed by atoms with Crippen LogP contribution in [0.3, 0.4) is 0 Å². The van der Waals surface area contributed by atoms with Gasteiger partial charge in [-0.2, -0.15) is 0 Å². The third-order valence-electron chi connectivity index (χ3n) is 1.46. The molecule has 0 aliphatic carbocycles. The minimum absolute atomic E-state index is 0.280. The summed E-state index contributed by atoms with van der Waals surface area (Å²) >= 11 is 0. The molecule has 4 nitrogen and oxygen atoms in total. The van der Waals surface area contributed by atoms with Crippen molar-refractivity contribution in [3.8, 4) is 0 Å². The zero-order valence-electron chi connectivity index (χ0n) is 6.37. The molecule has 0 amide bonds. The largest absolute Gasteiger partial charge is 0.515 e. The number of rotatable bonds is 3. The molecule has 62 valence electrons. The van der Waals surface area contributed by atoms with Gasteiger partial charge < -0.3 is 10.2 Å². The summed E-state index contributed by atoms with van der Waals surface area (Å²) in [6.45, 7) is 2.70. The number of aliphatic hydroxyl groups is 1. The van der Waals surface area contributed by atoms with Crippen molar-refractivity contribution < 1.29 is 19.8 Å². The molecular weight excluding hydrogens is 148 g/mol. The van der Waals surface area contributed by atoms with E-state index in [-0.39, 0.29) is 11.4 Å². The van der Waals surface area contributed by atoms with Crippen LogP contribution < -0.4 is 0 Å². The molecule has 1 atom stereocenters. The highest BCUT2D eigenvalue weighted by atomic mass is 16.4. The van der Waals surface area contributed by atoms with Crippen LogP contribution in [0.4, 0.5) is 0 Å². The molecule has 2 N–H and O–H groups in total. The van der Waals surface area contributed by atoms with Crippen LogP contribution in [0.15, 0.2) is 11.8 Å². The first-order valence-electron chi connectivity index (χ1n) is 3.08. The number of carbonyl (C=O) groups excluding carboxylic acids is 1. The van der Waals surface area contributed by atoms with Crippen molar-refractivity contribution in [2.45, 2.75) is 13.8 Å². The zero-order chi connectivity index (χ0) is 9.02. The summed E-state index contributed by atoms with van der Waals surface area (Å²) in [5.41, 5.74) is -0.280. The van der Waals surface area contributed by atoms with E-state index in [1.54, 1.807) is 0 Å². The average molecular weight is 158 g/mol. The first kappa shape index (κ1) is 9.68. The van der Waals surface area contributed by atoms with E-state index < -0.39 is 11.9 Å². The van der Waals surface area contributed by atoms with Crippen LogP contribution >= 0.6 is 0 Å². The Hall–Kier alpha value is -1.32. The minimum atomic E-state index is -1.27. The van der Waals surface area contributed by atoms with Gasteiger partial charge in [-0.1, -0.05) is 6.92 Å². The Kier molecular flexibility index (Phi) is 3.30. The molecule has 0 heterocycles. The summed E-state index contributed by atoms with van der Waals surface area (Å²) in [4.78, 5) is 20.9. The second kappa shape index (κ2) is 3.75. The lowest BCUT2D eigenvalue weighted by Gasteiger charge is -2.05. The quantitative estimate of drug-likeness (QED) is 0.469. The second-order valence-electron chi connectivity index (χ2n) is 2.22. The van der Waals surface area contributed by atoms with Gasteiger partial charge >= 0.3 is 5.97 Å². The van der Waals surface area contributed by atoms with Gasteiger partial charge in [-0.25, -0.2) is 4.79 Å². The average Bonchev–Trinajstić information content (AvgIpc) is 1.88. The van der Waals surface area contributed by atoms with Gasteiger partial charge in [0.25, 0.3) is 0 Å². The van der Waals surface area contributed by atoms with Crippen LogP contribution in [0.5, 0.6) is 0 Å². The number of ketones is 1. The third kappa shape index (κ3) is 2.41. The highest BCUT2D eigenvalue weighted by Gasteiger charge is 2.19. The highest BCUT2D eigenvalue weighted by molar-refractivity contribution is 5.95. The number of hydrogen-bond donors (Lipinski definition) is 2. The molecule has 4 heteroatoms. The van der Waals surface area contributed by atoms with Gasteiger partial charge in [-0.15, -0.1) is 0 Å². The topological polar surface area (TPSA) is 74.6 Å². The zero-order valence-corrected chi connectivity index (χ0v) is 6.37. The number of hydrogen-bond acceptors (Lipinski definition) is 3. The predicted octanol–water partition coefficient (Wildman–Crippen LogP) is 0.738. The Morgan fingerprint density at radius 3 is 2.00 bits per heavy atom. The summed E-state index contributed by atoms with van der Waals surface area (Å²) in [5.74, 6) is -2.31. The Morgan fingerprint density at radius 2 is 1.91 bits per heavy atom. The van der Waals surface area contributed by atoms with Gasteiger partial charge in [-0.05, 0) is 6.92 Å². The molecule has 0 saturated heterocycles. The molecular formula is C7H10O4. The standard InChI is InChI=1S/C7H10O4/c1-4(5(2)9)6(3-8)7(10)11/h3-4,8H,1-2H3,(H,10,11). The van der Waals surface area contributed by atoms with Crippen molar-refractivity contribution in [3.63, 3.8) is 0 Å². The molecule has 11 heavy (non-hydrogen) atoms. The van der Waals surface area contributed by atoms with Crippen molar-refractivity contribution in [1.82, 2.24) is 0 Å². The van der Waals surface area contributed by atoms with Crippen molar-refractivity contribution >= 4 is 11.8 Å². The predicted molar refractivity (Wildman–Crippen MR) is 38.2 cm³/mol. The van der Waals surface area contributed by atoms with E-state index in [1.165, 1.54) is 13.8 Å². The number of Topliss-reactive ketones (excluding diaryl/α,β-unsaturated/α-hetero) is 1. The number of aliphatic hydroxyl groups excluding tert-OH is 1. The molecule has 0 bridgehead atoms. The molecule has 0 aromatic rings. The van der Waals surface area contributed by atoms with E-state index in [0.29, 0.717) is 6.26 Å². The molecule has 0 aliphatic rings. The van der Waals surface area contributed by atoms with Crippen molar-refractivity contribution in [2.24, 2.45) is 5.92 Å². The van der Waals surface area contributed by atoms with E-state index in [0.717, 1.165) is 0 Å². The second-order valence-corrected chi connectivity index (χ2v) is 2.22. The number of carboxylic acid groups (broad SMARTS) is 1. The molecule has 0 aromatic carbocycles. The van der Waals surface area contributed by atoms with Gasteiger partial charge in [-0.3, -0.25) is 4.79 Å². The molecule has 0 spiro atoms. The maximum absolute atomic E-state index is 10.6. The molecule has 0 saturated carbocycles. The summed E-state index contributed by atoms with van der Waals surface area (Å²) in [6.07, 6.45) is 0.453. The Balaban J connectivity index is 4.54. The summed E-state index contributed by atoms with van der Waals surface area (Å²) < 4.78 is 0. The Bertz CT molecular complexity index is 204. The molecule has 0 aliphatic heterocycles. The van der Waals surface area contributed by atoms with E-state index in [4.69, 9.17) is 10.2 Å². The van der Waals surface area contributed by atoms with Gasteiger partial charge in [0.05, 0.1) is 11.8 Å². The summed E-state index contributed by atoms with van der Waals surface area (Å²) in [5, 5.41) is 16.8. The smallest absolute Gasteiger partial charge is 0.335 e. The van der Waals surface area contributed by atoms with Gasteiger partial charge in [0.2, 0.25) is 0 Å². The van der Waals surface area contributed by atoms with Crippen LogP contribution in [-0.2, 0) is 9.59 Å². The lowest BCUT2D eigenvalue weighted by Crippen LogP contribution is -2.16. The van der Waals surface area contributed by atoms with Crippen LogP contribution in [0.25, 0.3) is 0 Å². The number of carbonyl (C=O) groups is 2. The van der Waals surface area contributed by atoms with Crippen LogP contribution in [0.1, 0.15) is 13.8 Å². The summed E-state index contributed by atoms with van der Waals surface area (Å²) in [7, 11) is 0. The van der Waals surface area contributed by atoms with Gasteiger partial charge in [0, 0.05) is 5.92 Å². The third-order valence-corrected chi connectivity index (χ3v) is 1.46. The van der Waals surface area contributed by atoms with Gasteiger partial charge in [0.1, 0.15) is 5.78 Å². The number of carboxylic acids is 1. The van der Waals surface area contributed by atoms with E-state index in [9.17, 15) is 9.59 Å². The SMILES string of the molecule is CC(=O)C(C)C(=CO)C(=O)O. The van der Waals surface area contributed by atoms with Crippen molar-refractivity contribution in [3.05, 3.63) is 11.8 Å². The molecule has 1 unspecified atom stereocenters. The van der Waals surface area contributed by atoms with E-state index in [2.05, 4.69) is 0 Å². The normalized spacial score (nSPS) is 14.2. The maximum Gasteiger partial charge on any atom is 0.335 e. The van der Waals surface area contributed by atoms with Crippen LogP contribution in [0.2, 0.25) is 0 Å². The highest BCUT2D eigenvalue weighted by Crippen LogP contribution is 2.10. The molecule has 0 aromatic heterocycles. The fourth-order valence-corrected chi connectivity index (χ4v) is 0.571. The monoisotopic (exact) mass is 158 g/mol. The fourth-order valence-electron chi connectivity index (χ4n) is 0.571. The maximum atomic E-state index is 10.6. The van der Waals surface area contributed by atoms with E-state index >= 15 is 0 Å². The Labute approximate surface area is 64.2 Å². The lowest BCUT2D eigenvalue weighted by molar-refractivity contribution is -0.134. The fraction of sp³-hybridized carbons (Fsp3) is 0.429. The van der Waals surface area contributed by atoms with Crippen LogP contribution in [0, 0.1) is 5.92 Å². The molecule has 0 rings (SSSR count). The van der Waals surface area contributed by atoms with Crippen LogP contribution in [-0.4, -0.2) is 22.0 Å². The number of aliphatic carboxylic acids is 1. The molecule has 0 fully saturated rings. The first-order chi connectivity index (χ1) is 5.00. The minimum Gasteiger partial charge on any atom is -0.515 e. The Morgan fingerprint density at radius 1 is 1.45 bits per heavy atom. The van der Waals surface area contributed by atoms with Crippen molar-refractivity contribution in [1.29, 1.82) is 0 Å². The van der Waals surface area contributed by atoms with Gasteiger partial charge in [0.15, 0.2) is 0 Å². The first-order valence-corrected chi connectivity index (χ1v) is 3.08. The van der Waals surface area contributed by atoms with Crippen molar-refractivity contribution in [2.75, 3.05) is 0 Å². The van der Waals surface area contributed by atoms with E-state index in [1.807, 2.05) is 0 Å². The summed E-state index contributed by atoms with van der Waals surface area (Å²) in [6, 6.07) is 0.